The molecular weight excluding hydrogens is 256 g/mol. The Morgan fingerprint density at radius 3 is 2.85 bits per heavy atom. The molecule has 5 heteroatoms. The molecule has 20 heavy (non-hydrogen) atoms. The standard InChI is InChI=1S/C15H28N2O3/c1-14(2)10-17(9-13(8-16)20-14)12-3-5-19-15(7-12)4-6-18-11-15/h12-13H,3-11,16H2,1-2H3. The first-order valence-electron chi connectivity index (χ1n) is 7.86. The Kier molecular flexibility index (Phi) is 4.08. The van der Waals surface area contributed by atoms with Crippen LogP contribution in [0, 0.1) is 0 Å². The smallest absolute Gasteiger partial charge is 0.0951 e. The van der Waals surface area contributed by atoms with Gasteiger partial charge >= 0.3 is 0 Å². The van der Waals surface area contributed by atoms with Gasteiger partial charge in [-0.05, 0) is 26.7 Å². The van der Waals surface area contributed by atoms with Crippen LogP contribution in [0.15, 0.2) is 0 Å². The molecule has 0 bridgehead atoms. The third-order valence-electron chi connectivity index (χ3n) is 4.82. The van der Waals surface area contributed by atoms with Crippen molar-refractivity contribution in [2.24, 2.45) is 5.73 Å². The fourth-order valence-corrected chi connectivity index (χ4v) is 3.92. The number of nitrogens with zero attached hydrogens (tertiary/aromatic N) is 1. The van der Waals surface area contributed by atoms with Gasteiger partial charge in [0.25, 0.3) is 0 Å². The van der Waals surface area contributed by atoms with E-state index in [1.807, 2.05) is 0 Å². The van der Waals surface area contributed by atoms with Gasteiger partial charge in [0.2, 0.25) is 0 Å². The molecule has 3 rings (SSSR count). The van der Waals surface area contributed by atoms with Gasteiger partial charge in [-0.3, -0.25) is 4.90 Å². The number of nitrogens with two attached hydrogens (primary N) is 1. The zero-order chi connectivity index (χ0) is 14.2. The second-order valence-electron chi connectivity index (χ2n) is 7.15. The van der Waals surface area contributed by atoms with Crippen molar-refractivity contribution in [3.05, 3.63) is 0 Å². The highest BCUT2D eigenvalue weighted by molar-refractivity contribution is 4.96. The maximum Gasteiger partial charge on any atom is 0.0951 e. The highest BCUT2D eigenvalue weighted by Gasteiger charge is 2.44. The summed E-state index contributed by atoms with van der Waals surface area (Å²) in [6, 6.07) is 0.572. The number of hydrogen-bond donors (Lipinski definition) is 1. The molecule has 0 aromatic heterocycles. The molecule has 3 saturated heterocycles. The first kappa shape index (κ1) is 14.7. The van der Waals surface area contributed by atoms with Crippen molar-refractivity contribution < 1.29 is 14.2 Å². The van der Waals surface area contributed by atoms with Crippen LogP contribution in [-0.4, -0.2) is 67.7 Å². The van der Waals surface area contributed by atoms with Crippen LogP contribution < -0.4 is 5.73 Å². The van der Waals surface area contributed by atoms with E-state index in [1.54, 1.807) is 0 Å². The average molecular weight is 284 g/mol. The van der Waals surface area contributed by atoms with E-state index in [4.69, 9.17) is 19.9 Å². The Balaban J connectivity index is 1.68. The SMILES string of the molecule is CC1(C)CN(C2CCOC3(CCOC3)C2)CC(CN)O1. The summed E-state index contributed by atoms with van der Waals surface area (Å²) < 4.78 is 17.7. The Morgan fingerprint density at radius 1 is 1.30 bits per heavy atom. The molecule has 0 aliphatic carbocycles. The van der Waals surface area contributed by atoms with Gasteiger partial charge in [-0.15, -0.1) is 0 Å². The van der Waals surface area contributed by atoms with E-state index in [0.29, 0.717) is 12.6 Å². The van der Waals surface area contributed by atoms with E-state index in [1.165, 1.54) is 0 Å². The molecule has 3 aliphatic heterocycles. The summed E-state index contributed by atoms with van der Waals surface area (Å²) in [5, 5.41) is 0. The summed E-state index contributed by atoms with van der Waals surface area (Å²) in [6.45, 7) is 9.29. The first-order valence-corrected chi connectivity index (χ1v) is 7.86. The van der Waals surface area contributed by atoms with Crippen molar-refractivity contribution in [2.75, 3.05) is 39.5 Å². The molecule has 1 spiro atoms. The van der Waals surface area contributed by atoms with Crippen LogP contribution in [0.3, 0.4) is 0 Å². The van der Waals surface area contributed by atoms with Crippen molar-refractivity contribution in [1.29, 1.82) is 0 Å². The lowest BCUT2D eigenvalue weighted by Crippen LogP contribution is -2.60. The average Bonchev–Trinajstić information content (AvgIpc) is 2.85. The van der Waals surface area contributed by atoms with E-state index in [0.717, 1.165) is 52.2 Å². The molecule has 0 aromatic carbocycles. The van der Waals surface area contributed by atoms with Crippen molar-refractivity contribution in [2.45, 2.75) is 56.5 Å². The normalized spacial score (nSPS) is 42.1. The summed E-state index contributed by atoms with van der Waals surface area (Å²) in [5.74, 6) is 0. The minimum Gasteiger partial charge on any atom is -0.378 e. The number of rotatable bonds is 2. The molecule has 0 aromatic rings. The summed E-state index contributed by atoms with van der Waals surface area (Å²) in [6.07, 6.45) is 3.38. The van der Waals surface area contributed by atoms with Crippen LogP contribution >= 0.6 is 0 Å². The largest absolute Gasteiger partial charge is 0.378 e. The molecule has 0 radical (unpaired) electrons. The Morgan fingerprint density at radius 2 is 2.15 bits per heavy atom. The van der Waals surface area contributed by atoms with Gasteiger partial charge in [-0.2, -0.15) is 0 Å². The van der Waals surface area contributed by atoms with Gasteiger partial charge in [-0.25, -0.2) is 0 Å². The van der Waals surface area contributed by atoms with E-state index < -0.39 is 0 Å². The van der Waals surface area contributed by atoms with Gasteiger partial charge in [0.1, 0.15) is 0 Å². The molecule has 3 aliphatic rings. The highest BCUT2D eigenvalue weighted by Crippen LogP contribution is 2.36. The van der Waals surface area contributed by atoms with Gasteiger partial charge in [0.15, 0.2) is 0 Å². The topological polar surface area (TPSA) is 57.0 Å². The summed E-state index contributed by atoms with van der Waals surface area (Å²) in [5.41, 5.74) is 5.70. The van der Waals surface area contributed by atoms with E-state index in [-0.39, 0.29) is 17.3 Å². The fraction of sp³-hybridized carbons (Fsp3) is 1.00. The Labute approximate surface area is 121 Å². The molecule has 3 heterocycles. The van der Waals surface area contributed by atoms with E-state index in [9.17, 15) is 0 Å². The lowest BCUT2D eigenvalue weighted by molar-refractivity contribution is -0.164. The van der Waals surface area contributed by atoms with Crippen LogP contribution in [0.2, 0.25) is 0 Å². The molecule has 116 valence electrons. The van der Waals surface area contributed by atoms with Crippen LogP contribution in [-0.2, 0) is 14.2 Å². The lowest BCUT2D eigenvalue weighted by atomic mass is 9.87. The van der Waals surface area contributed by atoms with Crippen LogP contribution in [0.1, 0.15) is 33.1 Å². The Hall–Kier alpha value is -0.200. The maximum atomic E-state index is 6.05. The lowest BCUT2D eigenvalue weighted by Gasteiger charge is -2.49. The zero-order valence-corrected chi connectivity index (χ0v) is 12.8. The van der Waals surface area contributed by atoms with Crippen LogP contribution in [0.4, 0.5) is 0 Å². The first-order chi connectivity index (χ1) is 9.52. The second-order valence-corrected chi connectivity index (χ2v) is 7.15. The number of hydrogen-bond acceptors (Lipinski definition) is 5. The predicted octanol–water partition coefficient (Wildman–Crippen LogP) is 0.763. The fourth-order valence-electron chi connectivity index (χ4n) is 3.92. The van der Waals surface area contributed by atoms with Crippen LogP contribution in [0.25, 0.3) is 0 Å². The molecule has 3 atom stereocenters. The minimum atomic E-state index is -0.111. The molecule has 2 N–H and O–H groups in total. The molecule has 3 fully saturated rings. The number of morpholine rings is 1. The molecule has 3 unspecified atom stereocenters. The van der Waals surface area contributed by atoms with Crippen LogP contribution in [0.5, 0.6) is 0 Å². The number of ether oxygens (including phenoxy) is 3. The van der Waals surface area contributed by atoms with E-state index >= 15 is 0 Å². The van der Waals surface area contributed by atoms with Gasteiger partial charge in [0, 0.05) is 45.3 Å². The summed E-state index contributed by atoms with van der Waals surface area (Å²) >= 11 is 0. The Bertz CT molecular complexity index is 342. The highest BCUT2D eigenvalue weighted by atomic mass is 16.6. The predicted molar refractivity (Wildman–Crippen MR) is 76.7 cm³/mol. The van der Waals surface area contributed by atoms with Gasteiger partial charge in [0.05, 0.1) is 23.9 Å². The summed E-state index contributed by atoms with van der Waals surface area (Å²) in [4.78, 5) is 2.57. The van der Waals surface area contributed by atoms with Crippen molar-refractivity contribution >= 4 is 0 Å². The quantitative estimate of drug-likeness (QED) is 0.811. The van der Waals surface area contributed by atoms with Gasteiger partial charge in [-0.1, -0.05) is 0 Å². The summed E-state index contributed by atoms with van der Waals surface area (Å²) in [7, 11) is 0. The van der Waals surface area contributed by atoms with Crippen molar-refractivity contribution in [3.63, 3.8) is 0 Å². The zero-order valence-electron chi connectivity index (χ0n) is 12.8. The molecule has 0 saturated carbocycles. The molecule has 5 nitrogen and oxygen atoms in total. The van der Waals surface area contributed by atoms with E-state index in [2.05, 4.69) is 18.7 Å². The second kappa shape index (κ2) is 5.54. The third-order valence-corrected chi connectivity index (χ3v) is 4.82. The van der Waals surface area contributed by atoms with Gasteiger partial charge < -0.3 is 19.9 Å². The molecule has 0 amide bonds. The van der Waals surface area contributed by atoms with Crippen molar-refractivity contribution in [3.8, 4) is 0 Å². The minimum absolute atomic E-state index is 0.0242. The maximum absolute atomic E-state index is 6.05. The molecular formula is C15H28N2O3. The van der Waals surface area contributed by atoms with Crippen molar-refractivity contribution in [1.82, 2.24) is 4.90 Å². The monoisotopic (exact) mass is 284 g/mol. The third kappa shape index (κ3) is 3.02.